The Morgan fingerprint density at radius 2 is 1.92 bits per heavy atom. The van der Waals surface area contributed by atoms with Gasteiger partial charge < -0.3 is 19.9 Å². The number of aliphatic hydroxyl groups excluding tert-OH is 1. The smallest absolute Gasteiger partial charge is 0.338 e. The Kier molecular flexibility index (Phi) is 5.36. The molecule has 126 valence electrons. The SMILES string of the molecule is CCOC(=O)C1=C(O)C(=O)NC(c2ccccc2)=C(OC(C)=O)C1. The number of hydrogen-bond donors (Lipinski definition) is 2. The second kappa shape index (κ2) is 7.45. The van der Waals surface area contributed by atoms with Crippen molar-refractivity contribution in [2.24, 2.45) is 0 Å². The monoisotopic (exact) mass is 331 g/mol. The van der Waals surface area contributed by atoms with Crippen molar-refractivity contribution in [1.29, 1.82) is 0 Å². The number of hydrogen-bond acceptors (Lipinski definition) is 6. The van der Waals surface area contributed by atoms with Crippen LogP contribution in [0.1, 0.15) is 25.8 Å². The fourth-order valence-corrected chi connectivity index (χ4v) is 2.20. The molecule has 0 radical (unpaired) electrons. The maximum atomic E-state index is 12.1. The molecule has 0 bridgehead atoms. The van der Waals surface area contributed by atoms with Crippen molar-refractivity contribution in [1.82, 2.24) is 5.32 Å². The summed E-state index contributed by atoms with van der Waals surface area (Å²) in [5.41, 5.74) is 0.512. The molecule has 0 spiro atoms. The molecule has 7 heteroatoms. The lowest BCUT2D eigenvalue weighted by molar-refractivity contribution is -0.140. The van der Waals surface area contributed by atoms with Gasteiger partial charge in [0.15, 0.2) is 5.76 Å². The summed E-state index contributed by atoms with van der Waals surface area (Å²) in [6, 6.07) is 8.67. The third-order valence-corrected chi connectivity index (χ3v) is 3.21. The molecule has 2 rings (SSSR count). The van der Waals surface area contributed by atoms with Crippen LogP contribution in [0, 0.1) is 0 Å². The summed E-state index contributed by atoms with van der Waals surface area (Å²) in [6.45, 7) is 2.88. The Hall–Kier alpha value is -3.09. The Morgan fingerprint density at radius 3 is 2.50 bits per heavy atom. The van der Waals surface area contributed by atoms with Crippen LogP contribution in [0.3, 0.4) is 0 Å². The van der Waals surface area contributed by atoms with Gasteiger partial charge in [-0.1, -0.05) is 30.3 Å². The molecule has 1 heterocycles. The van der Waals surface area contributed by atoms with Gasteiger partial charge in [0, 0.05) is 18.9 Å². The van der Waals surface area contributed by atoms with Gasteiger partial charge in [0.25, 0.3) is 5.91 Å². The number of nitrogens with one attached hydrogen (secondary N) is 1. The number of benzene rings is 1. The lowest BCUT2D eigenvalue weighted by Crippen LogP contribution is -2.24. The first-order valence-electron chi connectivity index (χ1n) is 7.31. The van der Waals surface area contributed by atoms with E-state index in [9.17, 15) is 19.5 Å². The number of aliphatic hydroxyl groups is 1. The van der Waals surface area contributed by atoms with Crippen molar-refractivity contribution < 1.29 is 29.0 Å². The van der Waals surface area contributed by atoms with Crippen molar-refractivity contribution in [2.75, 3.05) is 6.61 Å². The second-order valence-electron chi connectivity index (χ2n) is 4.94. The topological polar surface area (TPSA) is 102 Å². The van der Waals surface area contributed by atoms with Crippen LogP contribution in [0.5, 0.6) is 0 Å². The summed E-state index contributed by atoms with van der Waals surface area (Å²) >= 11 is 0. The summed E-state index contributed by atoms with van der Waals surface area (Å²) in [7, 11) is 0. The summed E-state index contributed by atoms with van der Waals surface area (Å²) in [6.07, 6.45) is -0.257. The van der Waals surface area contributed by atoms with Gasteiger partial charge in [0.2, 0.25) is 0 Å². The molecular formula is C17H17NO6. The van der Waals surface area contributed by atoms with E-state index in [2.05, 4.69) is 5.32 Å². The van der Waals surface area contributed by atoms with Crippen molar-refractivity contribution in [3.8, 4) is 0 Å². The average Bonchev–Trinajstić information content (AvgIpc) is 2.67. The second-order valence-corrected chi connectivity index (χ2v) is 4.94. The minimum atomic E-state index is -0.876. The van der Waals surface area contributed by atoms with Crippen molar-refractivity contribution >= 4 is 23.5 Å². The first-order valence-corrected chi connectivity index (χ1v) is 7.31. The summed E-state index contributed by atoms with van der Waals surface area (Å²) in [4.78, 5) is 35.5. The molecule has 0 aromatic heterocycles. The number of carbonyl (C=O) groups is 3. The molecule has 1 aromatic rings. The van der Waals surface area contributed by atoms with E-state index in [4.69, 9.17) is 9.47 Å². The zero-order valence-corrected chi connectivity index (χ0v) is 13.3. The highest BCUT2D eigenvalue weighted by atomic mass is 16.5. The highest BCUT2D eigenvalue weighted by Gasteiger charge is 2.30. The Labute approximate surface area is 138 Å². The van der Waals surface area contributed by atoms with Gasteiger partial charge in [-0.2, -0.15) is 0 Å². The minimum absolute atomic E-state index is 0.0501. The summed E-state index contributed by atoms with van der Waals surface area (Å²) in [5, 5.41) is 12.5. The van der Waals surface area contributed by atoms with Crippen LogP contribution in [0.4, 0.5) is 0 Å². The first kappa shape index (κ1) is 17.3. The Bertz CT molecular complexity index is 733. The van der Waals surface area contributed by atoms with Crippen molar-refractivity contribution in [2.45, 2.75) is 20.3 Å². The zero-order valence-electron chi connectivity index (χ0n) is 13.3. The first-order chi connectivity index (χ1) is 11.4. The molecule has 24 heavy (non-hydrogen) atoms. The molecule has 0 saturated heterocycles. The lowest BCUT2D eigenvalue weighted by atomic mass is 10.1. The third kappa shape index (κ3) is 3.81. The molecule has 0 unspecified atom stereocenters. The number of rotatable bonds is 4. The van der Waals surface area contributed by atoms with Gasteiger partial charge in [0.1, 0.15) is 5.76 Å². The number of carbonyl (C=O) groups excluding carboxylic acids is 3. The fraction of sp³-hybridized carbons (Fsp3) is 0.235. The largest absolute Gasteiger partial charge is 0.503 e. The molecule has 1 aliphatic rings. The summed E-state index contributed by atoms with van der Waals surface area (Å²) < 4.78 is 10.0. The van der Waals surface area contributed by atoms with Crippen LogP contribution in [-0.4, -0.2) is 29.6 Å². The Morgan fingerprint density at radius 1 is 1.25 bits per heavy atom. The van der Waals surface area contributed by atoms with E-state index in [1.54, 1.807) is 37.3 Å². The molecule has 1 amide bonds. The van der Waals surface area contributed by atoms with E-state index < -0.39 is 23.6 Å². The number of esters is 2. The van der Waals surface area contributed by atoms with Crippen molar-refractivity contribution in [3.05, 3.63) is 53.0 Å². The molecule has 0 aliphatic carbocycles. The maximum Gasteiger partial charge on any atom is 0.338 e. The average molecular weight is 331 g/mol. The van der Waals surface area contributed by atoms with E-state index in [1.165, 1.54) is 6.92 Å². The summed E-state index contributed by atoms with van der Waals surface area (Å²) in [5.74, 6) is -3.04. The van der Waals surface area contributed by atoms with Crippen molar-refractivity contribution in [3.63, 3.8) is 0 Å². The maximum absolute atomic E-state index is 12.1. The van der Waals surface area contributed by atoms with Gasteiger partial charge in [-0.15, -0.1) is 0 Å². The van der Waals surface area contributed by atoms with Gasteiger partial charge in [-0.25, -0.2) is 4.79 Å². The van der Waals surface area contributed by atoms with Gasteiger partial charge in [-0.3, -0.25) is 9.59 Å². The van der Waals surface area contributed by atoms with Crippen LogP contribution in [-0.2, 0) is 23.9 Å². The fourth-order valence-electron chi connectivity index (χ4n) is 2.20. The molecule has 0 saturated carbocycles. The quantitative estimate of drug-likeness (QED) is 0.816. The predicted molar refractivity (Wildman–Crippen MR) is 84.2 cm³/mol. The molecule has 1 aliphatic heterocycles. The highest BCUT2D eigenvalue weighted by molar-refractivity contribution is 6.05. The minimum Gasteiger partial charge on any atom is -0.503 e. The van der Waals surface area contributed by atoms with E-state index in [-0.39, 0.29) is 30.1 Å². The molecule has 7 nitrogen and oxygen atoms in total. The van der Waals surface area contributed by atoms with Crippen LogP contribution >= 0.6 is 0 Å². The lowest BCUT2D eigenvalue weighted by Gasteiger charge is -2.13. The normalized spacial score (nSPS) is 14.8. The number of ether oxygens (including phenoxy) is 2. The van der Waals surface area contributed by atoms with Gasteiger partial charge in [-0.05, 0) is 6.92 Å². The molecule has 0 fully saturated rings. The number of allylic oxidation sites excluding steroid dienone is 1. The standard InChI is InChI=1S/C17H17NO6/c1-3-23-17(22)12-9-13(24-10(2)19)14(18-16(21)15(12)20)11-7-5-4-6-8-11/h4-8,20H,3,9H2,1-2H3,(H,18,21). The highest BCUT2D eigenvalue weighted by Crippen LogP contribution is 2.28. The molecule has 1 aromatic carbocycles. The molecule has 2 N–H and O–H groups in total. The molecule has 0 atom stereocenters. The zero-order chi connectivity index (χ0) is 17.7. The van der Waals surface area contributed by atoms with Gasteiger partial charge in [0.05, 0.1) is 17.9 Å². The van der Waals surface area contributed by atoms with E-state index in [1.807, 2.05) is 0 Å². The van der Waals surface area contributed by atoms with E-state index in [0.29, 0.717) is 5.56 Å². The predicted octanol–water partition coefficient (Wildman–Crippen LogP) is 1.81. The third-order valence-electron chi connectivity index (χ3n) is 3.21. The van der Waals surface area contributed by atoms with E-state index >= 15 is 0 Å². The van der Waals surface area contributed by atoms with Crippen LogP contribution in [0.2, 0.25) is 0 Å². The Balaban J connectivity index is 2.53. The van der Waals surface area contributed by atoms with Crippen LogP contribution < -0.4 is 5.32 Å². The molecular weight excluding hydrogens is 314 g/mol. The van der Waals surface area contributed by atoms with Crippen LogP contribution in [0.15, 0.2) is 47.4 Å². The van der Waals surface area contributed by atoms with Crippen LogP contribution in [0.25, 0.3) is 5.70 Å². The van der Waals surface area contributed by atoms with Gasteiger partial charge >= 0.3 is 11.9 Å². The van der Waals surface area contributed by atoms with E-state index in [0.717, 1.165) is 0 Å². The number of amides is 1.